The average Bonchev–Trinajstić information content (AvgIpc) is 2.38. The zero-order valence-electron chi connectivity index (χ0n) is 9.59. The van der Waals surface area contributed by atoms with Crippen molar-refractivity contribution in [3.8, 4) is 5.75 Å². The first kappa shape index (κ1) is 11.3. The van der Waals surface area contributed by atoms with Crippen molar-refractivity contribution >= 4 is 6.29 Å². The topological polar surface area (TPSA) is 39.2 Å². The third-order valence-electron chi connectivity index (χ3n) is 2.49. The molecule has 0 N–H and O–H groups in total. The second-order valence-electron chi connectivity index (χ2n) is 3.75. The van der Waals surface area contributed by atoms with Crippen LogP contribution < -0.4 is 4.74 Å². The van der Waals surface area contributed by atoms with Crippen LogP contribution >= 0.6 is 0 Å². The molecule has 1 heterocycles. The predicted octanol–water partition coefficient (Wildman–Crippen LogP) is 2.78. The van der Waals surface area contributed by atoms with E-state index >= 15 is 0 Å². The van der Waals surface area contributed by atoms with Crippen molar-refractivity contribution in [1.82, 2.24) is 4.98 Å². The zero-order chi connectivity index (χ0) is 12.1. The fourth-order valence-electron chi connectivity index (χ4n) is 1.50. The Morgan fingerprint density at radius 2 is 2.18 bits per heavy atom. The molecule has 0 saturated heterocycles. The van der Waals surface area contributed by atoms with Crippen molar-refractivity contribution in [3.63, 3.8) is 0 Å². The van der Waals surface area contributed by atoms with Crippen LogP contribution in [0.4, 0.5) is 0 Å². The number of nitrogens with zero attached hydrogens (tertiary/aromatic N) is 1. The van der Waals surface area contributed by atoms with Gasteiger partial charge in [0.15, 0.2) is 0 Å². The number of aromatic nitrogens is 1. The molecule has 0 aliphatic carbocycles. The van der Waals surface area contributed by atoms with Crippen molar-refractivity contribution < 1.29 is 9.53 Å². The van der Waals surface area contributed by atoms with E-state index in [0.717, 1.165) is 17.5 Å². The van der Waals surface area contributed by atoms with Gasteiger partial charge in [0.25, 0.3) is 0 Å². The van der Waals surface area contributed by atoms with Gasteiger partial charge in [-0.15, -0.1) is 0 Å². The summed E-state index contributed by atoms with van der Waals surface area (Å²) in [7, 11) is 0. The molecule has 0 amide bonds. The molecule has 1 aromatic heterocycles. The molecule has 0 aliphatic rings. The van der Waals surface area contributed by atoms with Crippen molar-refractivity contribution in [1.29, 1.82) is 0 Å². The van der Waals surface area contributed by atoms with Gasteiger partial charge in [-0.25, -0.2) is 0 Å². The van der Waals surface area contributed by atoms with Crippen LogP contribution in [-0.4, -0.2) is 11.3 Å². The quantitative estimate of drug-likeness (QED) is 0.754. The van der Waals surface area contributed by atoms with Gasteiger partial charge in [-0.05, 0) is 30.7 Å². The highest BCUT2D eigenvalue weighted by molar-refractivity contribution is 5.75. The molecule has 0 saturated carbocycles. The fourth-order valence-corrected chi connectivity index (χ4v) is 1.50. The maximum Gasteiger partial charge on any atom is 0.150 e. The van der Waals surface area contributed by atoms with Crippen LogP contribution in [0.25, 0.3) is 0 Å². The molecule has 0 spiro atoms. The summed E-state index contributed by atoms with van der Waals surface area (Å²) >= 11 is 0. The Morgan fingerprint density at radius 1 is 1.29 bits per heavy atom. The first-order chi connectivity index (χ1) is 8.29. The fraction of sp³-hybridized carbons (Fsp3) is 0.143. The van der Waals surface area contributed by atoms with Gasteiger partial charge in [-0.3, -0.25) is 9.78 Å². The molecule has 3 nitrogen and oxygen atoms in total. The van der Waals surface area contributed by atoms with Crippen LogP contribution in [0.15, 0.2) is 42.6 Å². The Morgan fingerprint density at radius 3 is 2.94 bits per heavy atom. The Bertz CT molecular complexity index is 523. The second kappa shape index (κ2) is 5.25. The number of rotatable bonds is 4. The van der Waals surface area contributed by atoms with E-state index in [1.807, 2.05) is 25.1 Å². The molecule has 86 valence electrons. The minimum atomic E-state index is 0.412. The molecule has 2 rings (SSSR count). The van der Waals surface area contributed by atoms with Crippen molar-refractivity contribution in [2.45, 2.75) is 13.5 Å². The monoisotopic (exact) mass is 227 g/mol. The molecule has 0 bridgehead atoms. The summed E-state index contributed by atoms with van der Waals surface area (Å²) in [6.07, 6.45) is 2.55. The van der Waals surface area contributed by atoms with E-state index in [-0.39, 0.29) is 0 Å². The molecule has 0 radical (unpaired) electrons. The van der Waals surface area contributed by atoms with E-state index in [1.165, 1.54) is 0 Å². The highest BCUT2D eigenvalue weighted by Gasteiger charge is 2.01. The minimum absolute atomic E-state index is 0.412. The van der Waals surface area contributed by atoms with Crippen LogP contribution in [0.3, 0.4) is 0 Å². The summed E-state index contributed by atoms with van der Waals surface area (Å²) in [4.78, 5) is 14.9. The Hall–Kier alpha value is -2.16. The van der Waals surface area contributed by atoms with Crippen molar-refractivity contribution in [2.24, 2.45) is 0 Å². The Labute approximate surface area is 100 Å². The van der Waals surface area contributed by atoms with Crippen LogP contribution in [0, 0.1) is 6.92 Å². The molecule has 0 atom stereocenters. The summed E-state index contributed by atoms with van der Waals surface area (Å²) in [6, 6.07) is 11.0. The van der Waals surface area contributed by atoms with Crippen LogP contribution in [0.1, 0.15) is 21.6 Å². The van der Waals surface area contributed by atoms with E-state index < -0.39 is 0 Å². The summed E-state index contributed by atoms with van der Waals surface area (Å²) in [6.45, 7) is 2.41. The minimum Gasteiger partial charge on any atom is -0.487 e. The van der Waals surface area contributed by atoms with E-state index in [1.54, 1.807) is 24.4 Å². The molecular formula is C14H13NO2. The van der Waals surface area contributed by atoms with E-state index in [0.29, 0.717) is 17.9 Å². The normalized spacial score (nSPS) is 9.94. The first-order valence-electron chi connectivity index (χ1n) is 5.38. The van der Waals surface area contributed by atoms with Gasteiger partial charge in [-0.1, -0.05) is 18.2 Å². The van der Waals surface area contributed by atoms with Gasteiger partial charge in [0.2, 0.25) is 0 Å². The molecule has 0 unspecified atom stereocenters. The number of hydrogen-bond acceptors (Lipinski definition) is 3. The number of hydrogen-bond donors (Lipinski definition) is 0. The van der Waals surface area contributed by atoms with Crippen LogP contribution in [0.2, 0.25) is 0 Å². The summed E-state index contributed by atoms with van der Waals surface area (Å²) in [5, 5.41) is 0. The summed E-state index contributed by atoms with van der Waals surface area (Å²) < 4.78 is 5.59. The molecule has 1 aromatic carbocycles. The maximum absolute atomic E-state index is 10.6. The van der Waals surface area contributed by atoms with Gasteiger partial charge in [0.05, 0.1) is 5.69 Å². The predicted molar refractivity (Wildman–Crippen MR) is 65.1 cm³/mol. The lowest BCUT2D eigenvalue weighted by Gasteiger charge is -2.07. The van der Waals surface area contributed by atoms with Gasteiger partial charge in [0, 0.05) is 11.8 Å². The molecule has 3 heteroatoms. The number of carbonyl (C=O) groups is 1. The standard InChI is InChI=1S/C14H13NO2/c1-11-4-3-7-15-14(11)10-17-13-6-2-5-12(8-13)9-16/h2-9H,10H2,1H3. The lowest BCUT2D eigenvalue weighted by atomic mass is 10.2. The largest absolute Gasteiger partial charge is 0.487 e. The molecular weight excluding hydrogens is 214 g/mol. The number of aryl methyl sites for hydroxylation is 1. The second-order valence-corrected chi connectivity index (χ2v) is 3.75. The van der Waals surface area contributed by atoms with E-state index in [2.05, 4.69) is 4.98 Å². The number of pyridine rings is 1. The van der Waals surface area contributed by atoms with Crippen LogP contribution in [-0.2, 0) is 6.61 Å². The zero-order valence-corrected chi connectivity index (χ0v) is 9.59. The molecule has 0 fully saturated rings. The van der Waals surface area contributed by atoms with E-state index in [9.17, 15) is 4.79 Å². The van der Waals surface area contributed by atoms with Crippen molar-refractivity contribution in [3.05, 3.63) is 59.4 Å². The highest BCUT2D eigenvalue weighted by atomic mass is 16.5. The third kappa shape index (κ3) is 2.91. The average molecular weight is 227 g/mol. The van der Waals surface area contributed by atoms with Gasteiger partial charge in [0.1, 0.15) is 18.6 Å². The first-order valence-corrected chi connectivity index (χ1v) is 5.38. The Balaban J connectivity index is 2.07. The highest BCUT2D eigenvalue weighted by Crippen LogP contribution is 2.14. The molecule has 17 heavy (non-hydrogen) atoms. The summed E-state index contributed by atoms with van der Waals surface area (Å²) in [5.74, 6) is 0.680. The SMILES string of the molecule is Cc1cccnc1COc1cccc(C=O)c1. The third-order valence-corrected chi connectivity index (χ3v) is 2.49. The number of carbonyl (C=O) groups excluding carboxylic acids is 1. The van der Waals surface area contributed by atoms with Gasteiger partial charge >= 0.3 is 0 Å². The lowest BCUT2D eigenvalue weighted by molar-refractivity contribution is 0.112. The number of ether oxygens (including phenoxy) is 1. The van der Waals surface area contributed by atoms with Gasteiger partial charge < -0.3 is 4.74 Å². The molecule has 2 aromatic rings. The lowest BCUT2D eigenvalue weighted by Crippen LogP contribution is -2.00. The van der Waals surface area contributed by atoms with Crippen molar-refractivity contribution in [2.75, 3.05) is 0 Å². The maximum atomic E-state index is 10.6. The number of benzene rings is 1. The smallest absolute Gasteiger partial charge is 0.150 e. The van der Waals surface area contributed by atoms with Gasteiger partial charge in [-0.2, -0.15) is 0 Å². The van der Waals surface area contributed by atoms with Crippen LogP contribution in [0.5, 0.6) is 5.75 Å². The van der Waals surface area contributed by atoms with E-state index in [4.69, 9.17) is 4.74 Å². The summed E-state index contributed by atoms with van der Waals surface area (Å²) in [5.41, 5.74) is 2.61. The molecule has 0 aliphatic heterocycles. The Kier molecular flexibility index (Phi) is 3.50. The number of aldehydes is 1.